The minimum absolute atomic E-state index is 0.0784. The predicted molar refractivity (Wildman–Crippen MR) is 31.2 cm³/mol. The number of hydrogen-bond donors (Lipinski definition) is 0. The third kappa shape index (κ3) is 3.96. The molecule has 0 fully saturated rings. The molecule has 9 heavy (non-hydrogen) atoms. The van der Waals surface area contributed by atoms with E-state index in [1.807, 2.05) is 0 Å². The van der Waals surface area contributed by atoms with E-state index in [-0.39, 0.29) is 12.2 Å². The van der Waals surface area contributed by atoms with Crippen LogP contribution in [0.25, 0.3) is 0 Å². The van der Waals surface area contributed by atoms with Crippen molar-refractivity contribution in [3.8, 4) is 0 Å². The first-order valence-electron chi connectivity index (χ1n) is 2.47. The second kappa shape index (κ2) is 3.45. The fourth-order valence-corrected chi connectivity index (χ4v) is 1.07. The number of carbonyl (C=O) groups excluding carboxylic acids is 1. The number of carbonyl (C=O) groups is 1. The van der Waals surface area contributed by atoms with E-state index in [1.165, 1.54) is 0 Å². The van der Waals surface area contributed by atoms with E-state index in [2.05, 4.69) is 4.18 Å². The molecule has 0 N–H and O–H groups in total. The second-order valence-electron chi connectivity index (χ2n) is 1.45. The van der Waals surface area contributed by atoms with E-state index < -0.39 is 10.1 Å². The van der Waals surface area contributed by atoms with E-state index in [0.29, 0.717) is 6.42 Å². The molecular formula is C4H8O4S. The normalized spacial score (nSPS) is 10.8. The minimum atomic E-state index is -3.55. The van der Waals surface area contributed by atoms with Gasteiger partial charge in [-0.05, 0) is 6.42 Å². The quantitative estimate of drug-likeness (QED) is 0.417. The van der Waals surface area contributed by atoms with Crippen molar-refractivity contribution in [1.29, 1.82) is 0 Å². The SMILES string of the molecule is CCCS(=O)(=O)OC=O. The van der Waals surface area contributed by atoms with Crippen LogP contribution in [0, 0.1) is 0 Å². The van der Waals surface area contributed by atoms with Crippen LogP contribution in [0.4, 0.5) is 0 Å². The number of hydrogen-bond acceptors (Lipinski definition) is 4. The zero-order valence-electron chi connectivity index (χ0n) is 5.03. The summed E-state index contributed by atoms with van der Waals surface area (Å²) in [6.45, 7) is 1.61. The van der Waals surface area contributed by atoms with Gasteiger partial charge in [0.15, 0.2) is 0 Å². The van der Waals surface area contributed by atoms with Gasteiger partial charge < -0.3 is 4.18 Å². The van der Waals surface area contributed by atoms with Crippen LogP contribution in [0.5, 0.6) is 0 Å². The van der Waals surface area contributed by atoms with Crippen LogP contribution in [-0.4, -0.2) is 20.6 Å². The van der Waals surface area contributed by atoms with Crippen molar-refractivity contribution in [2.75, 3.05) is 5.75 Å². The van der Waals surface area contributed by atoms with Gasteiger partial charge in [-0.1, -0.05) is 6.92 Å². The lowest BCUT2D eigenvalue weighted by atomic mass is 10.6. The lowest BCUT2D eigenvalue weighted by Crippen LogP contribution is -2.08. The second-order valence-corrected chi connectivity index (χ2v) is 3.17. The van der Waals surface area contributed by atoms with Gasteiger partial charge in [0, 0.05) is 0 Å². The summed E-state index contributed by atoms with van der Waals surface area (Å²) >= 11 is 0. The molecule has 0 rings (SSSR count). The molecule has 0 aromatic rings. The molecule has 0 bridgehead atoms. The Morgan fingerprint density at radius 3 is 2.44 bits per heavy atom. The molecule has 0 unspecified atom stereocenters. The summed E-state index contributed by atoms with van der Waals surface area (Å²) in [6, 6.07) is 0. The first-order valence-corrected chi connectivity index (χ1v) is 4.04. The maximum atomic E-state index is 10.4. The Balaban J connectivity index is 3.88. The third-order valence-electron chi connectivity index (χ3n) is 0.640. The Bertz CT molecular complexity index is 169. The maximum absolute atomic E-state index is 10.4. The van der Waals surface area contributed by atoms with Gasteiger partial charge in [0.05, 0.1) is 5.75 Å². The summed E-state index contributed by atoms with van der Waals surface area (Å²) in [5.74, 6) is -0.105. The van der Waals surface area contributed by atoms with Gasteiger partial charge in [0.25, 0.3) is 0 Å². The van der Waals surface area contributed by atoms with Crippen LogP contribution < -0.4 is 0 Å². The average molecular weight is 152 g/mol. The highest BCUT2D eigenvalue weighted by atomic mass is 32.2. The zero-order valence-corrected chi connectivity index (χ0v) is 5.85. The third-order valence-corrected chi connectivity index (χ3v) is 1.92. The summed E-state index contributed by atoms with van der Waals surface area (Å²) in [5, 5.41) is 0. The topological polar surface area (TPSA) is 60.4 Å². The maximum Gasteiger partial charge on any atom is 0.311 e. The van der Waals surface area contributed by atoms with Gasteiger partial charge in [-0.15, -0.1) is 0 Å². The molecule has 0 atom stereocenters. The highest BCUT2D eigenvalue weighted by molar-refractivity contribution is 7.87. The molecule has 0 heterocycles. The molecule has 0 aliphatic heterocycles. The van der Waals surface area contributed by atoms with E-state index >= 15 is 0 Å². The highest BCUT2D eigenvalue weighted by Gasteiger charge is 2.06. The van der Waals surface area contributed by atoms with Crippen LogP contribution in [0.15, 0.2) is 0 Å². The fourth-order valence-electron chi connectivity index (χ4n) is 0.358. The van der Waals surface area contributed by atoms with Gasteiger partial charge in [0.1, 0.15) is 0 Å². The van der Waals surface area contributed by atoms with Gasteiger partial charge in [0.2, 0.25) is 0 Å². The van der Waals surface area contributed by atoms with Gasteiger partial charge in [-0.2, -0.15) is 8.42 Å². The Morgan fingerprint density at radius 1 is 1.56 bits per heavy atom. The summed E-state index contributed by atoms with van der Waals surface area (Å²) in [7, 11) is -3.55. The van der Waals surface area contributed by atoms with Crippen molar-refractivity contribution in [2.24, 2.45) is 0 Å². The summed E-state index contributed by atoms with van der Waals surface area (Å²) in [5.41, 5.74) is 0. The van der Waals surface area contributed by atoms with Crippen LogP contribution in [0.3, 0.4) is 0 Å². The first kappa shape index (κ1) is 8.42. The molecular weight excluding hydrogens is 144 g/mol. The molecule has 54 valence electrons. The largest absolute Gasteiger partial charge is 0.349 e. The van der Waals surface area contributed by atoms with E-state index in [9.17, 15) is 13.2 Å². The van der Waals surface area contributed by atoms with Gasteiger partial charge in [-0.25, -0.2) is 0 Å². The molecule has 0 aliphatic carbocycles. The molecule has 0 aromatic carbocycles. The molecule has 0 radical (unpaired) electrons. The molecule has 0 spiro atoms. The summed E-state index contributed by atoms with van der Waals surface area (Å²) in [6.07, 6.45) is 0.455. The lowest BCUT2D eigenvalue weighted by molar-refractivity contribution is -0.120. The van der Waals surface area contributed by atoms with E-state index in [4.69, 9.17) is 0 Å². The van der Waals surface area contributed by atoms with Crippen molar-refractivity contribution in [3.05, 3.63) is 0 Å². The molecule has 0 saturated carbocycles. The standard InChI is InChI=1S/C4H8O4S/c1-2-3-9(6,7)8-4-5/h4H,2-3H2,1H3. The summed E-state index contributed by atoms with van der Waals surface area (Å²) < 4.78 is 24.5. The van der Waals surface area contributed by atoms with Crippen molar-refractivity contribution >= 4 is 16.6 Å². The van der Waals surface area contributed by atoms with Gasteiger partial charge in [-0.3, -0.25) is 4.79 Å². The van der Waals surface area contributed by atoms with E-state index in [1.54, 1.807) is 6.92 Å². The first-order chi connectivity index (χ1) is 4.12. The van der Waals surface area contributed by atoms with Crippen molar-refractivity contribution < 1.29 is 17.4 Å². The molecule has 0 saturated heterocycles. The zero-order chi connectivity index (χ0) is 7.33. The Morgan fingerprint density at radius 2 is 2.11 bits per heavy atom. The average Bonchev–Trinajstić information content (AvgIpc) is 1.64. The minimum Gasteiger partial charge on any atom is -0.349 e. The van der Waals surface area contributed by atoms with E-state index in [0.717, 1.165) is 0 Å². The van der Waals surface area contributed by atoms with Crippen LogP contribution in [0.2, 0.25) is 0 Å². The summed E-state index contributed by atoms with van der Waals surface area (Å²) in [4.78, 5) is 9.49. The molecule has 0 amide bonds. The van der Waals surface area contributed by atoms with Crippen LogP contribution in [-0.2, 0) is 19.1 Å². The predicted octanol–water partition coefficient (Wildman–Crippen LogP) is -0.101. The highest BCUT2D eigenvalue weighted by Crippen LogP contribution is 1.91. The fraction of sp³-hybridized carbons (Fsp3) is 0.750. The smallest absolute Gasteiger partial charge is 0.311 e. The van der Waals surface area contributed by atoms with Crippen LogP contribution in [0.1, 0.15) is 13.3 Å². The van der Waals surface area contributed by atoms with Crippen molar-refractivity contribution in [1.82, 2.24) is 0 Å². The van der Waals surface area contributed by atoms with Crippen LogP contribution >= 0.6 is 0 Å². The molecule has 4 nitrogen and oxygen atoms in total. The number of rotatable bonds is 4. The Labute approximate surface area is 53.9 Å². The Kier molecular flexibility index (Phi) is 3.22. The van der Waals surface area contributed by atoms with Gasteiger partial charge >= 0.3 is 16.6 Å². The van der Waals surface area contributed by atoms with Crippen molar-refractivity contribution in [3.63, 3.8) is 0 Å². The molecule has 0 aliphatic rings. The monoisotopic (exact) mass is 152 g/mol. The lowest BCUT2D eigenvalue weighted by Gasteiger charge is -1.94. The van der Waals surface area contributed by atoms with Crippen molar-refractivity contribution in [2.45, 2.75) is 13.3 Å². The molecule has 5 heteroatoms. The molecule has 0 aromatic heterocycles. The Hall–Kier alpha value is -0.580.